The normalized spacial score (nSPS) is 11.2. The minimum atomic E-state index is -4.47. The molecular weight excluding hydrogens is 310 g/mol. The average molecular weight is 323 g/mol. The van der Waals surface area contributed by atoms with Gasteiger partial charge in [0, 0.05) is 24.6 Å². The number of esters is 1. The molecule has 0 aliphatic rings. The van der Waals surface area contributed by atoms with Crippen molar-refractivity contribution in [2.45, 2.75) is 18.7 Å². The highest BCUT2D eigenvalue weighted by Crippen LogP contribution is 2.36. The largest absolute Gasteiger partial charge is 0.426 e. The molecule has 7 nitrogen and oxygen atoms in total. The van der Waals surface area contributed by atoms with Crippen LogP contribution in [0.3, 0.4) is 0 Å². The van der Waals surface area contributed by atoms with Gasteiger partial charge in [-0.05, 0) is 18.2 Å². The molecule has 0 fully saturated rings. The highest BCUT2D eigenvalue weighted by molar-refractivity contribution is 7.86. The number of carbonyl (C=O) groups excluding carboxylic acids is 2. The SMILES string of the molecule is CC(=O)Nc1ccc(S(=O)(=O)O)c2cccc(OC(C)=O)c12. The Balaban J connectivity index is 2.87. The molecule has 2 N–H and O–H groups in total. The first kappa shape index (κ1) is 15.9. The number of carbonyl (C=O) groups is 2. The van der Waals surface area contributed by atoms with Gasteiger partial charge in [-0.1, -0.05) is 12.1 Å². The van der Waals surface area contributed by atoms with E-state index in [-0.39, 0.29) is 33.0 Å². The third-order valence-electron chi connectivity index (χ3n) is 2.80. The van der Waals surface area contributed by atoms with Gasteiger partial charge in [0.2, 0.25) is 5.91 Å². The molecule has 8 heteroatoms. The molecule has 0 aliphatic heterocycles. The summed E-state index contributed by atoms with van der Waals surface area (Å²) < 4.78 is 37.3. The third-order valence-corrected chi connectivity index (χ3v) is 3.72. The fraction of sp³-hybridized carbons (Fsp3) is 0.143. The van der Waals surface area contributed by atoms with E-state index in [9.17, 15) is 22.6 Å². The van der Waals surface area contributed by atoms with Gasteiger partial charge in [0.1, 0.15) is 10.6 Å². The second kappa shape index (κ2) is 5.74. The predicted octanol–water partition coefficient (Wildman–Crippen LogP) is 1.97. The first-order valence-electron chi connectivity index (χ1n) is 6.19. The summed E-state index contributed by atoms with van der Waals surface area (Å²) in [5.74, 6) is -0.892. The Morgan fingerprint density at radius 1 is 1.14 bits per heavy atom. The number of rotatable bonds is 3. The van der Waals surface area contributed by atoms with E-state index in [0.29, 0.717) is 0 Å². The monoisotopic (exact) mass is 323 g/mol. The fourth-order valence-electron chi connectivity index (χ4n) is 2.11. The highest BCUT2D eigenvalue weighted by Gasteiger charge is 2.19. The number of nitrogens with one attached hydrogen (secondary N) is 1. The van der Waals surface area contributed by atoms with Gasteiger partial charge in [0.15, 0.2) is 0 Å². The molecule has 2 rings (SSSR count). The van der Waals surface area contributed by atoms with Gasteiger partial charge in [-0.3, -0.25) is 14.1 Å². The van der Waals surface area contributed by atoms with Crippen LogP contribution in [0.5, 0.6) is 5.75 Å². The summed E-state index contributed by atoms with van der Waals surface area (Å²) in [7, 11) is -4.47. The summed E-state index contributed by atoms with van der Waals surface area (Å²) >= 11 is 0. The number of fused-ring (bicyclic) bond motifs is 1. The van der Waals surface area contributed by atoms with Crippen molar-refractivity contribution in [3.05, 3.63) is 30.3 Å². The van der Waals surface area contributed by atoms with Crippen LogP contribution in [0.4, 0.5) is 5.69 Å². The number of benzene rings is 2. The van der Waals surface area contributed by atoms with Gasteiger partial charge in [0.05, 0.1) is 5.69 Å². The topological polar surface area (TPSA) is 110 Å². The predicted molar refractivity (Wildman–Crippen MR) is 79.4 cm³/mol. The molecule has 0 spiro atoms. The minimum Gasteiger partial charge on any atom is -0.426 e. The summed E-state index contributed by atoms with van der Waals surface area (Å²) in [5.41, 5.74) is 0.270. The van der Waals surface area contributed by atoms with Crippen molar-refractivity contribution >= 4 is 38.5 Å². The molecule has 0 radical (unpaired) electrons. The van der Waals surface area contributed by atoms with Crippen molar-refractivity contribution in [1.82, 2.24) is 0 Å². The van der Waals surface area contributed by atoms with Crippen LogP contribution in [0, 0.1) is 0 Å². The van der Waals surface area contributed by atoms with Gasteiger partial charge < -0.3 is 10.1 Å². The van der Waals surface area contributed by atoms with Crippen molar-refractivity contribution < 1.29 is 27.3 Å². The minimum absolute atomic E-state index is 0.0826. The van der Waals surface area contributed by atoms with Crippen LogP contribution in [0.25, 0.3) is 10.8 Å². The summed E-state index contributed by atoms with van der Waals surface area (Å²) in [6.45, 7) is 2.49. The third kappa shape index (κ3) is 3.23. The van der Waals surface area contributed by atoms with Gasteiger partial charge in [-0.25, -0.2) is 0 Å². The maximum absolute atomic E-state index is 11.5. The number of amides is 1. The number of anilines is 1. The summed E-state index contributed by atoms with van der Waals surface area (Å²) in [6.07, 6.45) is 0. The lowest BCUT2D eigenvalue weighted by molar-refractivity contribution is -0.131. The molecule has 1 amide bonds. The van der Waals surface area contributed by atoms with Gasteiger partial charge in [-0.15, -0.1) is 0 Å². The first-order valence-corrected chi connectivity index (χ1v) is 7.63. The van der Waals surface area contributed by atoms with Crippen LogP contribution in [0.15, 0.2) is 35.2 Å². The maximum atomic E-state index is 11.5. The molecule has 2 aromatic carbocycles. The molecule has 0 atom stereocenters. The van der Waals surface area contributed by atoms with E-state index in [4.69, 9.17) is 4.74 Å². The van der Waals surface area contributed by atoms with Crippen molar-refractivity contribution in [1.29, 1.82) is 0 Å². The van der Waals surface area contributed by atoms with E-state index in [1.54, 1.807) is 0 Å². The Labute approximate surface area is 126 Å². The van der Waals surface area contributed by atoms with Crippen LogP contribution < -0.4 is 10.1 Å². The van der Waals surface area contributed by atoms with Gasteiger partial charge in [-0.2, -0.15) is 8.42 Å². The lowest BCUT2D eigenvalue weighted by Gasteiger charge is -2.13. The average Bonchev–Trinajstić information content (AvgIpc) is 2.36. The van der Waals surface area contributed by atoms with Crippen molar-refractivity contribution in [2.24, 2.45) is 0 Å². The standard InChI is InChI=1S/C14H13NO6S/c1-8(16)15-11-6-7-13(22(18,19)20)10-4-3-5-12(14(10)11)21-9(2)17/h3-7H,1-2H3,(H,15,16)(H,18,19,20). The Kier molecular flexibility index (Phi) is 4.16. The summed E-state index contributed by atoms with van der Waals surface area (Å²) in [4.78, 5) is 22.1. The summed E-state index contributed by atoms with van der Waals surface area (Å²) in [5, 5.41) is 2.88. The number of hydrogen-bond acceptors (Lipinski definition) is 5. The molecule has 2 aromatic rings. The molecular formula is C14H13NO6S. The Bertz CT molecular complexity index is 850. The van der Waals surface area contributed by atoms with Crippen molar-refractivity contribution in [3.63, 3.8) is 0 Å². The summed E-state index contributed by atoms with van der Waals surface area (Å²) in [6, 6.07) is 6.87. The molecule has 0 unspecified atom stereocenters. The Morgan fingerprint density at radius 3 is 2.36 bits per heavy atom. The molecule has 0 saturated heterocycles. The van der Waals surface area contributed by atoms with E-state index in [2.05, 4.69) is 5.32 Å². The van der Waals surface area contributed by atoms with Crippen LogP contribution in [-0.4, -0.2) is 24.8 Å². The fourth-order valence-corrected chi connectivity index (χ4v) is 2.79. The molecule has 116 valence electrons. The second-order valence-electron chi connectivity index (χ2n) is 4.54. The van der Waals surface area contributed by atoms with Crippen molar-refractivity contribution in [3.8, 4) is 5.75 Å². The zero-order valence-corrected chi connectivity index (χ0v) is 12.6. The van der Waals surface area contributed by atoms with Gasteiger partial charge in [0.25, 0.3) is 10.1 Å². The number of hydrogen-bond donors (Lipinski definition) is 2. The Morgan fingerprint density at radius 2 is 1.82 bits per heavy atom. The van der Waals surface area contributed by atoms with Crippen molar-refractivity contribution in [2.75, 3.05) is 5.32 Å². The lowest BCUT2D eigenvalue weighted by Crippen LogP contribution is -2.09. The number of ether oxygens (including phenoxy) is 1. The van der Waals surface area contributed by atoms with Gasteiger partial charge >= 0.3 is 5.97 Å². The highest BCUT2D eigenvalue weighted by atomic mass is 32.2. The molecule has 0 aromatic heterocycles. The molecule has 0 bridgehead atoms. The Hall–Kier alpha value is -2.45. The van der Waals surface area contributed by atoms with Crippen LogP contribution >= 0.6 is 0 Å². The van der Waals surface area contributed by atoms with Crippen LogP contribution in [0.2, 0.25) is 0 Å². The maximum Gasteiger partial charge on any atom is 0.308 e. The van der Waals surface area contributed by atoms with Crippen LogP contribution in [0.1, 0.15) is 13.8 Å². The van der Waals surface area contributed by atoms with E-state index in [1.807, 2.05) is 0 Å². The van der Waals surface area contributed by atoms with E-state index in [0.717, 1.165) is 0 Å². The zero-order chi connectivity index (χ0) is 16.5. The van der Waals surface area contributed by atoms with Crippen LogP contribution in [-0.2, 0) is 19.7 Å². The molecule has 0 aliphatic carbocycles. The first-order chi connectivity index (χ1) is 10.2. The van der Waals surface area contributed by atoms with E-state index in [1.165, 1.54) is 44.2 Å². The van der Waals surface area contributed by atoms with E-state index >= 15 is 0 Å². The molecule has 0 saturated carbocycles. The zero-order valence-electron chi connectivity index (χ0n) is 11.8. The quantitative estimate of drug-likeness (QED) is 0.508. The lowest BCUT2D eigenvalue weighted by atomic mass is 10.1. The van der Waals surface area contributed by atoms with E-state index < -0.39 is 16.1 Å². The molecule has 22 heavy (non-hydrogen) atoms. The second-order valence-corrected chi connectivity index (χ2v) is 5.93. The molecule has 0 heterocycles. The smallest absolute Gasteiger partial charge is 0.308 e.